The van der Waals surface area contributed by atoms with Crippen LogP contribution in [0.2, 0.25) is 5.02 Å². The van der Waals surface area contributed by atoms with E-state index in [-0.39, 0.29) is 17.9 Å². The number of carbonyl (C=O) groups is 2. The molecule has 2 fully saturated rings. The number of hydrogen-bond donors (Lipinski definition) is 0. The molecule has 2 aromatic rings. The van der Waals surface area contributed by atoms with Gasteiger partial charge < -0.3 is 14.4 Å². The molecular formula is C22H17ClF3NO6S. The highest BCUT2D eigenvalue weighted by molar-refractivity contribution is 7.94. The van der Waals surface area contributed by atoms with Crippen molar-refractivity contribution in [2.45, 2.75) is 22.4 Å². The smallest absolute Gasteiger partial charge is 0.416 e. The maximum absolute atomic E-state index is 13.7. The minimum Gasteiger partial charge on any atom is -0.496 e. The lowest BCUT2D eigenvalue weighted by atomic mass is 9.99. The fourth-order valence-corrected chi connectivity index (χ4v) is 6.53. The standard InChI is InChI=1S/C22H17ClF3NO6S/c1-32-16-6-4-15(23)8-12(16)7-13-11-27-19(28)10-21(27,20(13)29)34(30,31)18-9-14(22(24,25)26)3-5-17(18)33-2/h3-9H,10-11H2,1-2H3. The van der Waals surface area contributed by atoms with Crippen molar-refractivity contribution in [3.05, 3.63) is 58.1 Å². The van der Waals surface area contributed by atoms with Gasteiger partial charge in [-0.05, 0) is 42.5 Å². The topological polar surface area (TPSA) is 90.0 Å². The number of carbonyl (C=O) groups excluding carboxylic acids is 2. The molecule has 0 bridgehead atoms. The largest absolute Gasteiger partial charge is 0.496 e. The predicted molar refractivity (Wildman–Crippen MR) is 115 cm³/mol. The molecule has 4 rings (SSSR count). The van der Waals surface area contributed by atoms with Gasteiger partial charge in [0.25, 0.3) is 0 Å². The number of benzene rings is 2. The number of sulfone groups is 1. The summed E-state index contributed by atoms with van der Waals surface area (Å²) in [5.74, 6) is -1.55. The second kappa shape index (κ2) is 8.02. The molecule has 0 saturated carbocycles. The van der Waals surface area contributed by atoms with Crippen molar-refractivity contribution >= 4 is 39.2 Å². The molecule has 34 heavy (non-hydrogen) atoms. The summed E-state index contributed by atoms with van der Waals surface area (Å²) in [6.45, 7) is -0.339. The Kier molecular flexibility index (Phi) is 5.68. The molecule has 1 unspecified atom stereocenters. The summed E-state index contributed by atoms with van der Waals surface area (Å²) in [5, 5.41) is 0.327. The van der Waals surface area contributed by atoms with E-state index < -0.39 is 49.5 Å². The third-order valence-electron chi connectivity index (χ3n) is 5.85. The average Bonchev–Trinajstić information content (AvgIpc) is 3.00. The van der Waals surface area contributed by atoms with Crippen LogP contribution >= 0.6 is 11.6 Å². The van der Waals surface area contributed by atoms with Crippen LogP contribution in [0.15, 0.2) is 46.9 Å². The Hall–Kier alpha value is -3.05. The van der Waals surface area contributed by atoms with Crippen LogP contribution in [0.5, 0.6) is 11.5 Å². The normalized spacial score (nSPS) is 21.5. The number of methoxy groups -OCH3 is 2. The summed E-state index contributed by atoms with van der Waals surface area (Å²) in [4.78, 5) is 23.4. The zero-order valence-corrected chi connectivity index (χ0v) is 19.3. The second-order valence-electron chi connectivity index (χ2n) is 7.69. The summed E-state index contributed by atoms with van der Waals surface area (Å²) < 4.78 is 77.5. The number of β-lactam (4-membered cyclic amide) rings is 1. The number of Topliss-reactive ketones (excluding diaryl/α,β-unsaturated/α-hetero) is 1. The van der Waals surface area contributed by atoms with Gasteiger partial charge in [0.1, 0.15) is 16.4 Å². The van der Waals surface area contributed by atoms with Gasteiger partial charge in [0.15, 0.2) is 0 Å². The van der Waals surface area contributed by atoms with Crippen molar-refractivity contribution in [1.82, 2.24) is 4.90 Å². The fraction of sp³-hybridized carbons (Fsp3) is 0.273. The maximum Gasteiger partial charge on any atom is 0.416 e. The highest BCUT2D eigenvalue weighted by Gasteiger charge is 2.70. The molecular weight excluding hydrogens is 499 g/mol. The lowest BCUT2D eigenvalue weighted by molar-refractivity contribution is -0.150. The number of rotatable bonds is 5. The fourth-order valence-electron chi connectivity index (χ4n) is 4.14. The first-order chi connectivity index (χ1) is 15.9. The molecule has 0 aromatic heterocycles. The molecule has 2 heterocycles. The molecule has 0 N–H and O–H groups in total. The van der Waals surface area contributed by atoms with E-state index in [0.717, 1.165) is 18.1 Å². The predicted octanol–water partition coefficient (Wildman–Crippen LogP) is 3.74. The Morgan fingerprint density at radius 1 is 1.06 bits per heavy atom. The molecule has 0 radical (unpaired) electrons. The van der Waals surface area contributed by atoms with E-state index in [1.165, 1.54) is 19.3 Å². The Morgan fingerprint density at radius 2 is 1.71 bits per heavy atom. The first-order valence-corrected chi connectivity index (χ1v) is 11.6. The van der Waals surface area contributed by atoms with Crippen LogP contribution in [0.25, 0.3) is 6.08 Å². The Labute approximate surface area is 197 Å². The minimum atomic E-state index is -4.84. The summed E-state index contributed by atoms with van der Waals surface area (Å²) in [7, 11) is -2.34. The zero-order valence-electron chi connectivity index (χ0n) is 17.8. The van der Waals surface area contributed by atoms with Crippen LogP contribution in [-0.2, 0) is 25.6 Å². The van der Waals surface area contributed by atoms with Gasteiger partial charge in [-0.2, -0.15) is 13.2 Å². The van der Waals surface area contributed by atoms with Crippen molar-refractivity contribution in [1.29, 1.82) is 0 Å². The van der Waals surface area contributed by atoms with Gasteiger partial charge >= 0.3 is 6.18 Å². The van der Waals surface area contributed by atoms with Crippen molar-refractivity contribution in [3.63, 3.8) is 0 Å². The lowest BCUT2D eigenvalue weighted by Gasteiger charge is -2.44. The van der Waals surface area contributed by atoms with E-state index >= 15 is 0 Å². The Bertz CT molecular complexity index is 1350. The third-order valence-corrected chi connectivity index (χ3v) is 8.42. The van der Waals surface area contributed by atoms with E-state index in [1.54, 1.807) is 12.1 Å². The maximum atomic E-state index is 13.7. The zero-order chi connectivity index (χ0) is 25.1. The van der Waals surface area contributed by atoms with E-state index in [0.29, 0.717) is 28.5 Å². The molecule has 7 nitrogen and oxygen atoms in total. The molecule has 2 aliphatic rings. The number of hydrogen-bond acceptors (Lipinski definition) is 6. The molecule has 2 saturated heterocycles. The SMILES string of the molecule is COc1ccc(Cl)cc1C=C1CN2C(=O)CC2(S(=O)(=O)c2cc(C(F)(F)F)ccc2OC)C1=O. The summed E-state index contributed by atoms with van der Waals surface area (Å²) in [6, 6.07) is 6.56. The van der Waals surface area contributed by atoms with Crippen LogP contribution in [0.3, 0.4) is 0 Å². The van der Waals surface area contributed by atoms with Gasteiger partial charge in [-0.25, -0.2) is 8.42 Å². The van der Waals surface area contributed by atoms with E-state index in [1.807, 2.05) is 0 Å². The van der Waals surface area contributed by atoms with E-state index in [4.69, 9.17) is 21.1 Å². The minimum absolute atomic E-state index is 0.0269. The van der Waals surface area contributed by atoms with Crippen molar-refractivity contribution in [2.75, 3.05) is 20.8 Å². The number of ether oxygens (including phenoxy) is 2. The summed E-state index contributed by atoms with van der Waals surface area (Å²) >= 11 is 6.02. The molecule has 180 valence electrons. The number of fused-ring (bicyclic) bond motifs is 1. The molecule has 2 aromatic carbocycles. The first kappa shape index (κ1) is 24.1. The number of nitrogens with zero attached hydrogens (tertiary/aromatic N) is 1. The Balaban J connectivity index is 1.86. The number of ketones is 1. The quantitative estimate of drug-likeness (QED) is 0.445. The Morgan fingerprint density at radius 3 is 2.29 bits per heavy atom. The van der Waals surface area contributed by atoms with Crippen molar-refractivity contribution < 1.29 is 40.7 Å². The van der Waals surface area contributed by atoms with Crippen LogP contribution in [-0.4, -0.2) is 50.6 Å². The van der Waals surface area contributed by atoms with Gasteiger partial charge in [-0.1, -0.05) is 11.6 Å². The van der Waals surface area contributed by atoms with E-state index in [9.17, 15) is 31.2 Å². The highest BCUT2D eigenvalue weighted by Crippen LogP contribution is 2.50. The summed E-state index contributed by atoms with van der Waals surface area (Å²) in [5.41, 5.74) is -0.885. The first-order valence-electron chi connectivity index (χ1n) is 9.76. The average molecular weight is 516 g/mol. The van der Waals surface area contributed by atoms with Gasteiger partial charge in [0, 0.05) is 16.2 Å². The van der Waals surface area contributed by atoms with Crippen molar-refractivity contribution in [2.24, 2.45) is 0 Å². The van der Waals surface area contributed by atoms with Gasteiger partial charge in [-0.3, -0.25) is 9.59 Å². The van der Waals surface area contributed by atoms with Crippen LogP contribution in [0.1, 0.15) is 17.5 Å². The number of amides is 1. The third kappa shape index (κ3) is 3.45. The summed E-state index contributed by atoms with van der Waals surface area (Å²) in [6.07, 6.45) is -4.17. The highest BCUT2D eigenvalue weighted by atomic mass is 35.5. The molecule has 0 aliphatic carbocycles. The van der Waals surface area contributed by atoms with E-state index in [2.05, 4.69) is 0 Å². The molecule has 0 spiro atoms. The molecule has 1 amide bonds. The van der Waals surface area contributed by atoms with Gasteiger partial charge in [-0.15, -0.1) is 0 Å². The van der Waals surface area contributed by atoms with Crippen LogP contribution in [0, 0.1) is 0 Å². The molecule has 12 heteroatoms. The second-order valence-corrected chi connectivity index (χ2v) is 10.3. The van der Waals surface area contributed by atoms with Gasteiger partial charge in [0.2, 0.25) is 26.4 Å². The monoisotopic (exact) mass is 515 g/mol. The van der Waals surface area contributed by atoms with Crippen LogP contribution in [0.4, 0.5) is 13.2 Å². The lowest BCUT2D eigenvalue weighted by Crippen LogP contribution is -2.67. The van der Waals surface area contributed by atoms with Gasteiger partial charge in [0.05, 0.1) is 32.7 Å². The number of halogens is 4. The molecule has 2 aliphatic heterocycles. The van der Waals surface area contributed by atoms with Crippen molar-refractivity contribution in [3.8, 4) is 11.5 Å². The number of alkyl halides is 3. The van der Waals surface area contributed by atoms with Crippen LogP contribution < -0.4 is 9.47 Å². The molecule has 1 atom stereocenters.